The predicted octanol–water partition coefficient (Wildman–Crippen LogP) is 1.34. The molecule has 0 aliphatic carbocycles. The number of carboxylic acid groups (broad SMARTS) is 1. The average Bonchev–Trinajstić information content (AvgIpc) is 3.21. The predicted molar refractivity (Wildman–Crippen MR) is 110 cm³/mol. The molecule has 3 unspecified atom stereocenters. The van der Waals surface area contributed by atoms with E-state index in [1.54, 1.807) is 17.9 Å². The lowest BCUT2D eigenvalue weighted by atomic mass is 9.71. The first-order chi connectivity index (χ1) is 13.1. The van der Waals surface area contributed by atoms with Crippen LogP contribution < -0.4 is 0 Å². The molecule has 3 fully saturated rings. The number of rotatable bonds is 7. The van der Waals surface area contributed by atoms with Crippen molar-refractivity contribution in [2.45, 2.75) is 60.1 Å². The number of hydrogen-bond donors (Lipinski definition) is 2. The van der Waals surface area contributed by atoms with Crippen molar-refractivity contribution in [1.82, 2.24) is 9.80 Å². The maximum Gasteiger partial charge on any atom is 0.308 e. The Bertz CT molecular complexity index is 704. The van der Waals surface area contributed by atoms with Gasteiger partial charge in [0.25, 0.3) is 0 Å². The highest BCUT2D eigenvalue weighted by Crippen LogP contribution is 2.68. The fourth-order valence-electron chi connectivity index (χ4n) is 5.04. The van der Waals surface area contributed by atoms with Gasteiger partial charge in [0.15, 0.2) is 0 Å². The molecule has 3 aliphatic heterocycles. The van der Waals surface area contributed by atoms with E-state index in [0.717, 1.165) is 0 Å². The SMILES string of the molecule is C=CCN(C(=O)C1N([C@H](C)CO)C(=O)[C@@H]2[C@H](C(=O)O)[C@H]3SC12CC3Br)C(C)C. The molecule has 0 aromatic rings. The van der Waals surface area contributed by atoms with E-state index in [1.807, 2.05) is 13.8 Å². The number of carbonyl (C=O) groups excluding carboxylic acids is 2. The summed E-state index contributed by atoms with van der Waals surface area (Å²) in [6.07, 6.45) is 2.20. The number of thioether (sulfide) groups is 1. The second-order valence-electron chi connectivity index (χ2n) is 8.15. The van der Waals surface area contributed by atoms with E-state index in [1.165, 1.54) is 16.7 Å². The summed E-state index contributed by atoms with van der Waals surface area (Å²) in [6, 6.07) is -1.46. The molecule has 0 aromatic carbocycles. The summed E-state index contributed by atoms with van der Waals surface area (Å²) in [7, 11) is 0. The molecular weight excluding hydrogens is 448 g/mol. The quantitative estimate of drug-likeness (QED) is 0.426. The lowest BCUT2D eigenvalue weighted by Gasteiger charge is -2.40. The minimum atomic E-state index is -1.00. The van der Waals surface area contributed by atoms with Gasteiger partial charge in [-0.05, 0) is 27.2 Å². The van der Waals surface area contributed by atoms with E-state index < -0.39 is 34.6 Å². The molecule has 2 N–H and O–H groups in total. The number of carboxylic acids is 1. The smallest absolute Gasteiger partial charge is 0.308 e. The van der Waals surface area contributed by atoms with Gasteiger partial charge < -0.3 is 20.0 Å². The van der Waals surface area contributed by atoms with Crippen molar-refractivity contribution in [3.63, 3.8) is 0 Å². The molecule has 28 heavy (non-hydrogen) atoms. The molecular formula is C19H27BrN2O5S. The summed E-state index contributed by atoms with van der Waals surface area (Å²) in [6.45, 7) is 9.29. The molecule has 0 aromatic heterocycles. The monoisotopic (exact) mass is 474 g/mol. The fraction of sp³-hybridized carbons (Fsp3) is 0.737. The highest BCUT2D eigenvalue weighted by atomic mass is 79.9. The van der Waals surface area contributed by atoms with Crippen LogP contribution in [0.4, 0.5) is 0 Å². The lowest BCUT2D eigenvalue weighted by Crippen LogP contribution is -2.58. The number of carbonyl (C=O) groups is 3. The summed E-state index contributed by atoms with van der Waals surface area (Å²) in [5.41, 5.74) is 0. The summed E-state index contributed by atoms with van der Waals surface area (Å²) < 4.78 is -0.798. The zero-order valence-electron chi connectivity index (χ0n) is 16.2. The Morgan fingerprint density at radius 3 is 2.61 bits per heavy atom. The normalized spacial score (nSPS) is 37.3. The number of hydrogen-bond acceptors (Lipinski definition) is 5. The first-order valence-corrected chi connectivity index (χ1v) is 11.3. The maximum absolute atomic E-state index is 13.7. The van der Waals surface area contributed by atoms with Crippen LogP contribution in [-0.4, -0.2) is 83.9 Å². The number of alkyl halides is 1. The van der Waals surface area contributed by atoms with E-state index in [2.05, 4.69) is 22.5 Å². The van der Waals surface area contributed by atoms with Gasteiger partial charge in [0.1, 0.15) is 6.04 Å². The van der Waals surface area contributed by atoms with Crippen LogP contribution in [0.3, 0.4) is 0 Å². The number of aliphatic carboxylic acids is 1. The van der Waals surface area contributed by atoms with Crippen molar-refractivity contribution in [2.24, 2.45) is 11.8 Å². The zero-order chi connectivity index (χ0) is 21.0. The van der Waals surface area contributed by atoms with Crippen LogP contribution in [-0.2, 0) is 14.4 Å². The van der Waals surface area contributed by atoms with Crippen LogP contribution in [0.1, 0.15) is 27.2 Å². The third-order valence-electron chi connectivity index (χ3n) is 6.22. The standard InChI is InChI=1S/C19H27BrN2O5S/c1-5-6-21(9(2)3)17(25)15-19-7-11(20)14(28-19)12(18(26)27)13(19)16(24)22(15)10(4)8-23/h5,9-15,23H,1,6-8H2,2-4H3,(H,26,27)/t10-,11?,12+,13+,14+,15?,19?/m1/s1. The molecule has 2 amide bonds. The number of nitrogens with zero attached hydrogens (tertiary/aromatic N) is 2. The molecule has 9 heteroatoms. The second-order valence-corrected chi connectivity index (χ2v) is 10.9. The van der Waals surface area contributed by atoms with Crippen molar-refractivity contribution in [3.05, 3.63) is 12.7 Å². The topological polar surface area (TPSA) is 98.2 Å². The van der Waals surface area contributed by atoms with E-state index in [4.69, 9.17) is 0 Å². The van der Waals surface area contributed by atoms with Crippen LogP contribution in [0.2, 0.25) is 0 Å². The van der Waals surface area contributed by atoms with Gasteiger partial charge in [0, 0.05) is 22.7 Å². The van der Waals surface area contributed by atoms with Crippen molar-refractivity contribution in [1.29, 1.82) is 0 Å². The van der Waals surface area contributed by atoms with Crippen LogP contribution in [0.25, 0.3) is 0 Å². The second kappa shape index (κ2) is 7.65. The molecule has 2 bridgehead atoms. The minimum Gasteiger partial charge on any atom is -0.481 e. The number of amides is 2. The fourth-order valence-corrected chi connectivity index (χ4v) is 8.63. The van der Waals surface area contributed by atoms with Gasteiger partial charge >= 0.3 is 5.97 Å². The van der Waals surface area contributed by atoms with Gasteiger partial charge in [-0.15, -0.1) is 18.3 Å². The molecule has 3 rings (SSSR count). The van der Waals surface area contributed by atoms with Gasteiger partial charge in [0.05, 0.1) is 29.2 Å². The summed E-state index contributed by atoms with van der Waals surface area (Å²) in [5, 5.41) is 19.3. The van der Waals surface area contributed by atoms with Gasteiger partial charge in [-0.2, -0.15) is 0 Å². The Morgan fingerprint density at radius 1 is 1.46 bits per heavy atom. The molecule has 0 radical (unpaired) electrons. The van der Waals surface area contributed by atoms with Gasteiger partial charge in [-0.25, -0.2) is 0 Å². The highest BCUT2D eigenvalue weighted by Gasteiger charge is 2.76. The highest BCUT2D eigenvalue weighted by molar-refractivity contribution is 9.09. The Kier molecular flexibility index (Phi) is 5.91. The third kappa shape index (κ3) is 2.92. The first-order valence-electron chi connectivity index (χ1n) is 9.51. The lowest BCUT2D eigenvalue weighted by molar-refractivity contribution is -0.149. The van der Waals surface area contributed by atoms with E-state index >= 15 is 0 Å². The molecule has 3 aliphatic rings. The number of halogens is 1. The van der Waals surface area contributed by atoms with Crippen molar-refractivity contribution < 1.29 is 24.6 Å². The molecule has 7 nitrogen and oxygen atoms in total. The van der Waals surface area contributed by atoms with Crippen LogP contribution >= 0.6 is 27.7 Å². The van der Waals surface area contributed by atoms with E-state index in [-0.39, 0.29) is 34.5 Å². The molecule has 3 heterocycles. The molecule has 7 atom stereocenters. The minimum absolute atomic E-state index is 0.0748. The van der Waals surface area contributed by atoms with Crippen LogP contribution in [0.5, 0.6) is 0 Å². The van der Waals surface area contributed by atoms with Crippen molar-refractivity contribution in [2.75, 3.05) is 13.2 Å². The summed E-state index contributed by atoms with van der Waals surface area (Å²) in [5.74, 6) is -3.13. The Hall–Kier alpha value is -1.06. The summed E-state index contributed by atoms with van der Waals surface area (Å²) >= 11 is 5.07. The Labute approximate surface area is 177 Å². The largest absolute Gasteiger partial charge is 0.481 e. The van der Waals surface area contributed by atoms with Gasteiger partial charge in [-0.3, -0.25) is 14.4 Å². The molecule has 1 spiro atoms. The number of aliphatic hydroxyl groups is 1. The van der Waals surface area contributed by atoms with Crippen LogP contribution in [0.15, 0.2) is 12.7 Å². The van der Waals surface area contributed by atoms with Crippen molar-refractivity contribution >= 4 is 45.5 Å². The van der Waals surface area contributed by atoms with Gasteiger partial charge in [0.2, 0.25) is 11.8 Å². The van der Waals surface area contributed by atoms with Gasteiger partial charge in [-0.1, -0.05) is 22.0 Å². The molecule has 156 valence electrons. The number of fused-ring (bicyclic) bond motifs is 1. The molecule has 0 saturated carbocycles. The summed E-state index contributed by atoms with van der Waals surface area (Å²) in [4.78, 5) is 42.2. The van der Waals surface area contributed by atoms with E-state index in [0.29, 0.717) is 13.0 Å². The third-order valence-corrected chi connectivity index (χ3v) is 9.44. The maximum atomic E-state index is 13.7. The number of aliphatic hydroxyl groups excluding tert-OH is 1. The first kappa shape index (κ1) is 21.6. The van der Waals surface area contributed by atoms with Crippen LogP contribution in [0, 0.1) is 11.8 Å². The Morgan fingerprint density at radius 2 is 2.11 bits per heavy atom. The average molecular weight is 475 g/mol. The number of likely N-dealkylation sites (tertiary alicyclic amines) is 1. The van der Waals surface area contributed by atoms with Crippen molar-refractivity contribution in [3.8, 4) is 0 Å². The van der Waals surface area contributed by atoms with E-state index in [9.17, 15) is 24.6 Å². The Balaban J connectivity index is 2.12. The molecule has 3 saturated heterocycles. The zero-order valence-corrected chi connectivity index (χ0v) is 18.6.